The molecule has 1 saturated heterocycles. The molecule has 0 bridgehead atoms. The highest BCUT2D eigenvalue weighted by Gasteiger charge is 2.14. The molecule has 0 spiro atoms. The van der Waals surface area contributed by atoms with Crippen LogP contribution in [0.25, 0.3) is 0 Å². The summed E-state index contributed by atoms with van der Waals surface area (Å²) in [5.74, 6) is 1.25. The molecule has 0 amide bonds. The number of hydrogen-bond donors (Lipinski definition) is 2. The molecule has 1 atom stereocenters. The first-order chi connectivity index (χ1) is 7.25. The quantitative estimate of drug-likeness (QED) is 0.800. The zero-order chi connectivity index (χ0) is 10.7. The molecule has 1 unspecified atom stereocenters. The molecule has 1 fully saturated rings. The van der Waals surface area contributed by atoms with Gasteiger partial charge in [0.2, 0.25) is 5.28 Å². The molecule has 4 nitrogen and oxygen atoms in total. The van der Waals surface area contributed by atoms with Gasteiger partial charge in [0, 0.05) is 6.54 Å². The van der Waals surface area contributed by atoms with E-state index in [1.54, 1.807) is 0 Å². The summed E-state index contributed by atoms with van der Waals surface area (Å²) < 4.78 is 0. The van der Waals surface area contributed by atoms with Crippen LogP contribution >= 0.6 is 23.2 Å². The summed E-state index contributed by atoms with van der Waals surface area (Å²) in [5.41, 5.74) is 0. The van der Waals surface area contributed by atoms with E-state index in [4.69, 9.17) is 23.2 Å². The van der Waals surface area contributed by atoms with E-state index in [0.29, 0.717) is 16.8 Å². The van der Waals surface area contributed by atoms with E-state index in [0.717, 1.165) is 19.6 Å². The fraction of sp³-hybridized carbons (Fsp3) is 0.556. The van der Waals surface area contributed by atoms with Crippen molar-refractivity contribution in [2.24, 2.45) is 5.92 Å². The second-order valence-corrected chi connectivity index (χ2v) is 4.32. The molecular formula is C9H12Cl2N4. The second-order valence-electron chi connectivity index (χ2n) is 3.58. The van der Waals surface area contributed by atoms with Gasteiger partial charge in [-0.2, -0.15) is 4.98 Å². The Hall–Kier alpha value is -0.580. The Morgan fingerprint density at radius 3 is 3.13 bits per heavy atom. The van der Waals surface area contributed by atoms with Crippen molar-refractivity contribution in [2.75, 3.05) is 25.0 Å². The third kappa shape index (κ3) is 2.93. The Bertz CT molecular complexity index is 339. The van der Waals surface area contributed by atoms with Crippen molar-refractivity contribution in [3.8, 4) is 0 Å². The lowest BCUT2D eigenvalue weighted by Crippen LogP contribution is -2.18. The number of hydrogen-bond acceptors (Lipinski definition) is 4. The molecule has 1 aromatic heterocycles. The van der Waals surface area contributed by atoms with Gasteiger partial charge in [0.05, 0.1) is 6.20 Å². The molecule has 15 heavy (non-hydrogen) atoms. The lowest BCUT2D eigenvalue weighted by Gasteiger charge is -2.11. The number of anilines is 1. The van der Waals surface area contributed by atoms with Crippen LogP contribution in [0.5, 0.6) is 0 Å². The number of rotatable bonds is 3. The third-order valence-electron chi connectivity index (χ3n) is 2.44. The number of halogens is 2. The zero-order valence-electron chi connectivity index (χ0n) is 8.13. The van der Waals surface area contributed by atoms with Crippen LogP contribution in [-0.2, 0) is 0 Å². The maximum atomic E-state index is 5.92. The average Bonchev–Trinajstić information content (AvgIpc) is 2.72. The van der Waals surface area contributed by atoms with Gasteiger partial charge in [0.1, 0.15) is 10.8 Å². The summed E-state index contributed by atoms with van der Waals surface area (Å²) in [6.07, 6.45) is 2.69. The first-order valence-electron chi connectivity index (χ1n) is 4.88. The smallest absolute Gasteiger partial charge is 0.224 e. The zero-order valence-corrected chi connectivity index (χ0v) is 9.65. The average molecular weight is 247 g/mol. The lowest BCUT2D eigenvalue weighted by molar-refractivity contribution is 0.614. The van der Waals surface area contributed by atoms with Crippen LogP contribution in [0.1, 0.15) is 6.42 Å². The summed E-state index contributed by atoms with van der Waals surface area (Å²) in [6, 6.07) is 0. The molecule has 6 heteroatoms. The molecular weight excluding hydrogens is 235 g/mol. The summed E-state index contributed by atoms with van der Waals surface area (Å²) in [7, 11) is 0. The standard InChI is InChI=1S/C9H12Cl2N4/c10-7-5-14-9(11)15-8(7)13-4-6-1-2-12-3-6/h5-6,12H,1-4H2,(H,13,14,15). The number of nitrogens with one attached hydrogen (secondary N) is 2. The maximum absolute atomic E-state index is 5.92. The number of nitrogens with zero attached hydrogens (tertiary/aromatic N) is 2. The van der Waals surface area contributed by atoms with Gasteiger partial charge in [0.25, 0.3) is 0 Å². The van der Waals surface area contributed by atoms with Crippen LogP contribution in [0.3, 0.4) is 0 Å². The molecule has 82 valence electrons. The van der Waals surface area contributed by atoms with E-state index < -0.39 is 0 Å². The molecule has 1 aliphatic rings. The first-order valence-corrected chi connectivity index (χ1v) is 5.64. The van der Waals surface area contributed by atoms with Crippen molar-refractivity contribution in [1.82, 2.24) is 15.3 Å². The third-order valence-corrected chi connectivity index (χ3v) is 2.89. The van der Waals surface area contributed by atoms with Crippen LogP contribution in [0.15, 0.2) is 6.20 Å². The van der Waals surface area contributed by atoms with E-state index in [1.165, 1.54) is 12.6 Å². The predicted molar refractivity (Wildman–Crippen MR) is 61.5 cm³/mol. The summed E-state index contributed by atoms with van der Waals surface area (Å²) in [5, 5.41) is 7.21. The molecule has 0 radical (unpaired) electrons. The largest absolute Gasteiger partial charge is 0.368 e. The van der Waals surface area contributed by atoms with E-state index in [9.17, 15) is 0 Å². The monoisotopic (exact) mass is 246 g/mol. The van der Waals surface area contributed by atoms with E-state index in [-0.39, 0.29) is 5.28 Å². The van der Waals surface area contributed by atoms with Crippen LogP contribution in [0, 0.1) is 5.92 Å². The normalized spacial score (nSPS) is 20.5. The fourth-order valence-corrected chi connectivity index (χ4v) is 1.89. The van der Waals surface area contributed by atoms with Gasteiger partial charge in [-0.25, -0.2) is 4.98 Å². The predicted octanol–water partition coefficient (Wildman–Crippen LogP) is 1.80. The minimum Gasteiger partial charge on any atom is -0.368 e. The highest BCUT2D eigenvalue weighted by molar-refractivity contribution is 6.33. The summed E-state index contributed by atoms with van der Waals surface area (Å²) in [4.78, 5) is 7.81. The Morgan fingerprint density at radius 2 is 2.40 bits per heavy atom. The van der Waals surface area contributed by atoms with E-state index in [1.807, 2.05) is 0 Å². The molecule has 0 saturated carbocycles. The SMILES string of the molecule is Clc1ncc(Cl)c(NCC2CCNC2)n1. The van der Waals surface area contributed by atoms with Crippen molar-refractivity contribution in [3.63, 3.8) is 0 Å². The minimum absolute atomic E-state index is 0.214. The van der Waals surface area contributed by atoms with Gasteiger partial charge < -0.3 is 10.6 Å². The molecule has 1 aromatic rings. The molecule has 2 N–H and O–H groups in total. The van der Waals surface area contributed by atoms with Crippen molar-refractivity contribution >= 4 is 29.0 Å². The van der Waals surface area contributed by atoms with Crippen molar-refractivity contribution in [2.45, 2.75) is 6.42 Å². The molecule has 2 rings (SSSR count). The highest BCUT2D eigenvalue weighted by Crippen LogP contribution is 2.20. The number of aromatic nitrogens is 2. The Labute approximate surface area is 98.4 Å². The van der Waals surface area contributed by atoms with Crippen LogP contribution in [0.4, 0.5) is 5.82 Å². The maximum Gasteiger partial charge on any atom is 0.224 e. The van der Waals surface area contributed by atoms with Crippen molar-refractivity contribution in [1.29, 1.82) is 0 Å². The minimum atomic E-state index is 0.214. The van der Waals surface area contributed by atoms with Crippen molar-refractivity contribution < 1.29 is 0 Å². The van der Waals surface area contributed by atoms with Crippen molar-refractivity contribution in [3.05, 3.63) is 16.5 Å². The highest BCUT2D eigenvalue weighted by atomic mass is 35.5. The van der Waals surface area contributed by atoms with E-state index in [2.05, 4.69) is 20.6 Å². The van der Waals surface area contributed by atoms with Crippen LogP contribution in [0.2, 0.25) is 10.3 Å². The Kier molecular flexibility index (Phi) is 3.61. The topological polar surface area (TPSA) is 49.8 Å². The van der Waals surface area contributed by atoms with Gasteiger partial charge in [-0.3, -0.25) is 0 Å². The summed E-state index contributed by atoms with van der Waals surface area (Å²) in [6.45, 7) is 2.99. The van der Waals surface area contributed by atoms with Crippen LogP contribution in [-0.4, -0.2) is 29.6 Å². The van der Waals surface area contributed by atoms with Gasteiger partial charge in [0.15, 0.2) is 0 Å². The molecule has 0 aromatic carbocycles. The molecule has 1 aliphatic heterocycles. The molecule has 0 aliphatic carbocycles. The molecule has 2 heterocycles. The van der Waals surface area contributed by atoms with Gasteiger partial charge in [-0.1, -0.05) is 11.6 Å². The Morgan fingerprint density at radius 1 is 1.53 bits per heavy atom. The van der Waals surface area contributed by atoms with Gasteiger partial charge in [-0.05, 0) is 37.0 Å². The Balaban J connectivity index is 1.94. The second kappa shape index (κ2) is 4.96. The fourth-order valence-electron chi connectivity index (χ4n) is 1.60. The van der Waals surface area contributed by atoms with Crippen LogP contribution < -0.4 is 10.6 Å². The van der Waals surface area contributed by atoms with E-state index >= 15 is 0 Å². The lowest BCUT2D eigenvalue weighted by atomic mass is 10.1. The summed E-state index contributed by atoms with van der Waals surface area (Å²) >= 11 is 11.6. The van der Waals surface area contributed by atoms with Gasteiger partial charge in [-0.15, -0.1) is 0 Å². The first kappa shape index (κ1) is 10.9. The van der Waals surface area contributed by atoms with Gasteiger partial charge >= 0.3 is 0 Å².